The molecule has 1 aliphatic carbocycles. The number of amides is 1. The lowest BCUT2D eigenvalue weighted by Gasteiger charge is -2.30. The number of nitrogens with zero attached hydrogens (tertiary/aromatic N) is 1. The second kappa shape index (κ2) is 7.70. The van der Waals surface area contributed by atoms with Crippen LogP contribution in [0.1, 0.15) is 48.3 Å². The molecule has 1 unspecified atom stereocenters. The van der Waals surface area contributed by atoms with E-state index in [0.29, 0.717) is 18.2 Å². The topological polar surface area (TPSA) is 60.1 Å². The molecule has 1 heterocycles. The van der Waals surface area contributed by atoms with Crippen molar-refractivity contribution >= 4 is 18.3 Å². The number of rotatable bonds is 4. The molecule has 5 heteroatoms. The maximum Gasteiger partial charge on any atom is 0.268 e. The number of nitrogens with one attached hydrogen (secondary N) is 1. The highest BCUT2D eigenvalue weighted by atomic mass is 35.5. The molecule has 1 aliphatic rings. The number of hydrogen-bond acceptors (Lipinski definition) is 2. The van der Waals surface area contributed by atoms with Crippen molar-refractivity contribution < 1.29 is 4.79 Å². The fraction of sp³-hybridized carbons (Fsp3) is 0.667. The van der Waals surface area contributed by atoms with Crippen molar-refractivity contribution in [2.24, 2.45) is 18.7 Å². The number of carbonyl (C=O) groups is 1. The first-order chi connectivity index (χ1) is 9.13. The van der Waals surface area contributed by atoms with Crippen molar-refractivity contribution in [1.82, 2.24) is 9.88 Å². The van der Waals surface area contributed by atoms with E-state index in [9.17, 15) is 4.79 Å². The molecule has 1 aromatic heterocycles. The van der Waals surface area contributed by atoms with Crippen LogP contribution in [-0.2, 0) is 7.05 Å². The van der Waals surface area contributed by atoms with Gasteiger partial charge in [-0.15, -0.1) is 12.4 Å². The van der Waals surface area contributed by atoms with E-state index in [2.05, 4.69) is 5.32 Å². The van der Waals surface area contributed by atoms with Gasteiger partial charge in [-0.05, 0) is 37.8 Å². The Labute approximate surface area is 127 Å². The van der Waals surface area contributed by atoms with Crippen LogP contribution in [-0.4, -0.2) is 23.1 Å². The summed E-state index contributed by atoms with van der Waals surface area (Å²) in [6.45, 7) is 2.53. The highest BCUT2D eigenvalue weighted by Crippen LogP contribution is 2.26. The van der Waals surface area contributed by atoms with Crippen LogP contribution >= 0.6 is 12.4 Å². The van der Waals surface area contributed by atoms with Gasteiger partial charge in [-0.25, -0.2) is 0 Å². The van der Waals surface area contributed by atoms with Gasteiger partial charge in [0.25, 0.3) is 5.91 Å². The fourth-order valence-electron chi connectivity index (χ4n) is 2.99. The van der Waals surface area contributed by atoms with Crippen LogP contribution in [0.4, 0.5) is 0 Å². The molecule has 0 aliphatic heterocycles. The fourth-order valence-corrected chi connectivity index (χ4v) is 2.99. The molecule has 1 aromatic rings. The summed E-state index contributed by atoms with van der Waals surface area (Å²) in [7, 11) is 1.92. The first-order valence-corrected chi connectivity index (χ1v) is 7.26. The maximum absolute atomic E-state index is 12.3. The zero-order valence-electron chi connectivity index (χ0n) is 12.4. The number of halogens is 1. The van der Waals surface area contributed by atoms with E-state index in [-0.39, 0.29) is 24.4 Å². The Morgan fingerprint density at radius 1 is 1.40 bits per heavy atom. The number of hydrogen-bond donors (Lipinski definition) is 2. The lowest BCUT2D eigenvalue weighted by molar-refractivity contribution is 0.0907. The maximum atomic E-state index is 12.3. The van der Waals surface area contributed by atoms with Crippen molar-refractivity contribution in [3.8, 4) is 0 Å². The number of aromatic nitrogens is 1. The average molecular weight is 300 g/mol. The van der Waals surface area contributed by atoms with Crippen LogP contribution in [0.5, 0.6) is 0 Å². The molecule has 0 saturated heterocycles. The lowest BCUT2D eigenvalue weighted by atomic mass is 9.84. The Hall–Kier alpha value is -1.00. The van der Waals surface area contributed by atoms with Gasteiger partial charge in [0.1, 0.15) is 5.69 Å². The second-order valence-electron chi connectivity index (χ2n) is 5.63. The molecule has 4 nitrogen and oxygen atoms in total. The first kappa shape index (κ1) is 17.1. The van der Waals surface area contributed by atoms with Gasteiger partial charge >= 0.3 is 0 Å². The van der Waals surface area contributed by atoms with Gasteiger partial charge in [0.05, 0.1) is 0 Å². The molecule has 2 rings (SSSR count). The Bertz CT molecular complexity index is 438. The standard InChI is InChI=1S/C15H25N3O.ClH/c1-11-8-9-14(18(11)2)15(19)17-13(10-16)12-6-4-3-5-7-12;/h8-9,12-13H,3-7,10,16H2,1-2H3,(H,17,19);1H. The van der Waals surface area contributed by atoms with Crippen LogP contribution in [0.2, 0.25) is 0 Å². The molecule has 0 bridgehead atoms. The molecule has 1 atom stereocenters. The van der Waals surface area contributed by atoms with E-state index in [1.807, 2.05) is 30.7 Å². The van der Waals surface area contributed by atoms with Crippen molar-refractivity contribution in [2.75, 3.05) is 6.54 Å². The summed E-state index contributed by atoms with van der Waals surface area (Å²) < 4.78 is 1.92. The number of aryl methyl sites for hydroxylation is 1. The summed E-state index contributed by atoms with van der Waals surface area (Å²) in [4.78, 5) is 12.3. The minimum Gasteiger partial charge on any atom is -0.346 e. The Morgan fingerprint density at radius 2 is 2.05 bits per heavy atom. The molecular weight excluding hydrogens is 274 g/mol. The molecule has 114 valence electrons. The third-order valence-electron chi connectivity index (χ3n) is 4.39. The Kier molecular flexibility index (Phi) is 6.56. The summed E-state index contributed by atoms with van der Waals surface area (Å²) >= 11 is 0. The Morgan fingerprint density at radius 3 is 2.55 bits per heavy atom. The summed E-state index contributed by atoms with van der Waals surface area (Å²) in [5, 5.41) is 3.12. The van der Waals surface area contributed by atoms with Crippen molar-refractivity contribution in [3.63, 3.8) is 0 Å². The predicted octanol–water partition coefficient (Wildman–Crippen LogP) is 2.39. The summed E-state index contributed by atoms with van der Waals surface area (Å²) in [5.74, 6) is 0.542. The third kappa shape index (κ3) is 3.76. The zero-order chi connectivity index (χ0) is 13.8. The monoisotopic (exact) mass is 299 g/mol. The van der Waals surface area contributed by atoms with Crippen molar-refractivity contribution in [3.05, 3.63) is 23.5 Å². The van der Waals surface area contributed by atoms with Gasteiger partial charge in [0.2, 0.25) is 0 Å². The SMILES string of the molecule is Cc1ccc(C(=O)NC(CN)C2CCCCC2)n1C.Cl. The lowest BCUT2D eigenvalue weighted by Crippen LogP contribution is -2.46. The molecule has 0 spiro atoms. The van der Waals surface area contributed by atoms with E-state index < -0.39 is 0 Å². The van der Waals surface area contributed by atoms with Crippen LogP contribution in [0.25, 0.3) is 0 Å². The molecule has 0 radical (unpaired) electrons. The van der Waals surface area contributed by atoms with E-state index in [0.717, 1.165) is 5.69 Å². The molecule has 1 fully saturated rings. The molecule has 0 aromatic carbocycles. The second-order valence-corrected chi connectivity index (χ2v) is 5.63. The van der Waals surface area contributed by atoms with Crippen molar-refractivity contribution in [2.45, 2.75) is 45.1 Å². The highest BCUT2D eigenvalue weighted by Gasteiger charge is 2.25. The zero-order valence-corrected chi connectivity index (χ0v) is 13.2. The van der Waals surface area contributed by atoms with E-state index in [1.165, 1.54) is 32.1 Å². The first-order valence-electron chi connectivity index (χ1n) is 7.26. The largest absolute Gasteiger partial charge is 0.346 e. The minimum atomic E-state index is -0.00313. The minimum absolute atomic E-state index is 0. The van der Waals surface area contributed by atoms with Gasteiger partial charge < -0.3 is 15.6 Å². The number of nitrogens with two attached hydrogens (primary N) is 1. The normalized spacial score (nSPS) is 17.4. The number of carbonyl (C=O) groups excluding carboxylic acids is 1. The van der Waals surface area contributed by atoms with E-state index >= 15 is 0 Å². The summed E-state index contributed by atoms with van der Waals surface area (Å²) in [6.07, 6.45) is 6.22. The molecule has 1 amide bonds. The Balaban J connectivity index is 0.00000200. The van der Waals surface area contributed by atoms with Crippen LogP contribution in [0.3, 0.4) is 0 Å². The molecule has 3 N–H and O–H groups in total. The predicted molar refractivity (Wildman–Crippen MR) is 84.3 cm³/mol. The molecular formula is C15H26ClN3O. The van der Waals surface area contributed by atoms with Crippen molar-refractivity contribution in [1.29, 1.82) is 0 Å². The highest BCUT2D eigenvalue weighted by molar-refractivity contribution is 5.93. The average Bonchev–Trinajstić information content (AvgIpc) is 2.77. The third-order valence-corrected chi connectivity index (χ3v) is 4.39. The molecule has 1 saturated carbocycles. The van der Waals surface area contributed by atoms with Crippen LogP contribution in [0.15, 0.2) is 12.1 Å². The van der Waals surface area contributed by atoms with Gasteiger partial charge in [-0.1, -0.05) is 19.3 Å². The molecule has 20 heavy (non-hydrogen) atoms. The summed E-state index contributed by atoms with van der Waals surface area (Å²) in [6, 6.07) is 3.95. The van der Waals surface area contributed by atoms with E-state index in [1.54, 1.807) is 0 Å². The van der Waals surface area contributed by atoms with Crippen LogP contribution < -0.4 is 11.1 Å². The quantitative estimate of drug-likeness (QED) is 0.897. The van der Waals surface area contributed by atoms with Crippen LogP contribution in [0, 0.1) is 12.8 Å². The summed E-state index contributed by atoms with van der Waals surface area (Å²) in [5.41, 5.74) is 7.66. The van der Waals surface area contributed by atoms with Gasteiger partial charge in [0.15, 0.2) is 0 Å². The van der Waals surface area contributed by atoms with Gasteiger partial charge in [0, 0.05) is 25.3 Å². The van der Waals surface area contributed by atoms with Gasteiger partial charge in [-0.3, -0.25) is 4.79 Å². The van der Waals surface area contributed by atoms with Gasteiger partial charge in [-0.2, -0.15) is 0 Å². The smallest absolute Gasteiger partial charge is 0.268 e. The van der Waals surface area contributed by atoms with E-state index in [4.69, 9.17) is 5.73 Å².